The van der Waals surface area contributed by atoms with E-state index in [9.17, 15) is 4.79 Å². The van der Waals surface area contributed by atoms with Gasteiger partial charge in [0.1, 0.15) is 0 Å². The number of halogens is 1. The van der Waals surface area contributed by atoms with Crippen LogP contribution in [0.2, 0.25) is 0 Å². The van der Waals surface area contributed by atoms with Gasteiger partial charge in [0, 0.05) is 5.69 Å². The van der Waals surface area contributed by atoms with Gasteiger partial charge in [0.05, 0.1) is 0 Å². The minimum atomic E-state index is -1.05. The van der Waals surface area contributed by atoms with E-state index in [1.54, 1.807) is 24.3 Å². The quantitative estimate of drug-likeness (QED) is 0.395. The molecule has 0 heterocycles. The maximum Gasteiger partial charge on any atom is 0.413 e. The molecule has 0 aromatic heterocycles. The Morgan fingerprint density at radius 3 is 2.50 bits per heavy atom. The van der Waals surface area contributed by atoms with E-state index in [-0.39, 0.29) is 0 Å². The lowest BCUT2D eigenvalue weighted by molar-refractivity contribution is 0.202. The summed E-state index contributed by atoms with van der Waals surface area (Å²) in [6.45, 7) is 0. The first-order chi connectivity index (χ1) is 6.66. The Morgan fingerprint density at radius 1 is 1.50 bits per heavy atom. The van der Waals surface area contributed by atoms with E-state index in [1.165, 1.54) is 0 Å². The molecule has 72 valence electrons. The third kappa shape index (κ3) is 2.39. The second-order valence-electron chi connectivity index (χ2n) is 2.49. The fourth-order valence-electron chi connectivity index (χ4n) is 1.00. The summed E-state index contributed by atoms with van der Waals surface area (Å²) in [5, 5.41) is 8.95. The fraction of sp³-hybridized carbons (Fsp3) is 0.100. The SMILES string of the molecule is C#CC(I)N(C(=O)O)c1ccccc1. The van der Waals surface area contributed by atoms with Crippen molar-refractivity contribution >= 4 is 34.4 Å². The van der Waals surface area contributed by atoms with Crippen molar-refractivity contribution in [2.24, 2.45) is 0 Å². The molecule has 0 saturated carbocycles. The first-order valence-corrected chi connectivity index (χ1v) is 5.09. The molecule has 0 radical (unpaired) electrons. The Labute approximate surface area is 95.9 Å². The number of carboxylic acid groups (broad SMARTS) is 1. The van der Waals surface area contributed by atoms with E-state index < -0.39 is 10.1 Å². The summed E-state index contributed by atoms with van der Waals surface area (Å²) in [5.41, 5.74) is 0.581. The van der Waals surface area contributed by atoms with E-state index in [4.69, 9.17) is 11.5 Å². The van der Waals surface area contributed by atoms with Crippen molar-refractivity contribution in [3.63, 3.8) is 0 Å². The molecule has 0 aliphatic heterocycles. The van der Waals surface area contributed by atoms with E-state index in [0.717, 1.165) is 4.90 Å². The molecule has 1 atom stereocenters. The summed E-state index contributed by atoms with van der Waals surface area (Å²) >= 11 is 1.90. The lowest BCUT2D eigenvalue weighted by Gasteiger charge is -2.20. The largest absolute Gasteiger partial charge is 0.465 e. The number of carbonyl (C=O) groups is 1. The molecule has 14 heavy (non-hydrogen) atoms. The first kappa shape index (κ1) is 10.9. The summed E-state index contributed by atoms with van der Waals surface area (Å²) < 4.78 is -0.493. The lowest BCUT2D eigenvalue weighted by atomic mass is 10.3. The molecular formula is C10H8INO2. The average molecular weight is 301 g/mol. The lowest BCUT2D eigenvalue weighted by Crippen LogP contribution is -2.34. The number of anilines is 1. The van der Waals surface area contributed by atoms with Crippen LogP contribution in [0.1, 0.15) is 0 Å². The topological polar surface area (TPSA) is 40.5 Å². The van der Waals surface area contributed by atoms with Crippen LogP contribution >= 0.6 is 22.6 Å². The third-order valence-electron chi connectivity index (χ3n) is 1.60. The molecule has 0 fully saturated rings. The third-order valence-corrected chi connectivity index (χ3v) is 2.52. The molecule has 0 saturated heterocycles. The highest BCUT2D eigenvalue weighted by Gasteiger charge is 2.20. The summed E-state index contributed by atoms with van der Waals surface area (Å²) in [7, 11) is 0. The van der Waals surface area contributed by atoms with Crippen molar-refractivity contribution in [3.05, 3.63) is 30.3 Å². The minimum Gasteiger partial charge on any atom is -0.465 e. The van der Waals surface area contributed by atoms with Gasteiger partial charge in [-0.05, 0) is 34.7 Å². The van der Waals surface area contributed by atoms with Gasteiger partial charge in [-0.2, -0.15) is 0 Å². The summed E-state index contributed by atoms with van der Waals surface area (Å²) in [6.07, 6.45) is 4.14. The van der Waals surface area contributed by atoms with Gasteiger partial charge in [0.25, 0.3) is 0 Å². The number of alkyl halides is 1. The predicted molar refractivity (Wildman–Crippen MR) is 63.6 cm³/mol. The highest BCUT2D eigenvalue weighted by molar-refractivity contribution is 14.1. The zero-order valence-corrected chi connectivity index (χ0v) is 9.38. The number of hydrogen-bond acceptors (Lipinski definition) is 1. The second kappa shape index (κ2) is 4.86. The van der Waals surface area contributed by atoms with Gasteiger partial charge in [-0.3, -0.25) is 4.90 Å². The first-order valence-electron chi connectivity index (χ1n) is 3.84. The Balaban J connectivity index is 3.02. The van der Waals surface area contributed by atoms with Gasteiger partial charge in [0.2, 0.25) is 0 Å². The molecule has 0 aliphatic rings. The summed E-state index contributed by atoms with van der Waals surface area (Å²) in [6, 6.07) is 8.77. The minimum absolute atomic E-state index is 0.493. The Hall–Kier alpha value is -1.22. The van der Waals surface area contributed by atoms with Gasteiger partial charge in [0.15, 0.2) is 4.05 Å². The molecule has 1 N–H and O–H groups in total. The standard InChI is InChI=1S/C10H8INO2/c1-2-9(11)12(10(13)14)8-6-4-3-5-7-8/h1,3-7,9H,(H,13,14). The van der Waals surface area contributed by atoms with E-state index in [1.807, 2.05) is 28.7 Å². The normalized spacial score (nSPS) is 11.4. The monoisotopic (exact) mass is 301 g/mol. The van der Waals surface area contributed by atoms with Crippen molar-refractivity contribution in [2.45, 2.75) is 4.05 Å². The van der Waals surface area contributed by atoms with Crippen LogP contribution in [0.3, 0.4) is 0 Å². The number of benzene rings is 1. The number of amides is 1. The average Bonchev–Trinajstić information content (AvgIpc) is 2.19. The van der Waals surface area contributed by atoms with Crippen LogP contribution in [0, 0.1) is 12.3 Å². The zero-order valence-electron chi connectivity index (χ0n) is 7.22. The van der Waals surface area contributed by atoms with E-state index >= 15 is 0 Å². The number of nitrogens with zero attached hydrogens (tertiary/aromatic N) is 1. The van der Waals surface area contributed by atoms with Crippen LogP contribution in [0.5, 0.6) is 0 Å². The molecule has 1 amide bonds. The van der Waals surface area contributed by atoms with Gasteiger partial charge in [-0.1, -0.05) is 24.1 Å². The highest BCUT2D eigenvalue weighted by atomic mass is 127. The molecule has 1 unspecified atom stereocenters. The van der Waals surface area contributed by atoms with Crippen LogP contribution in [-0.2, 0) is 0 Å². The number of terminal acetylenes is 1. The number of hydrogen-bond donors (Lipinski definition) is 1. The maximum atomic E-state index is 10.9. The van der Waals surface area contributed by atoms with E-state index in [0.29, 0.717) is 5.69 Å². The highest BCUT2D eigenvalue weighted by Crippen LogP contribution is 2.19. The molecule has 1 aromatic carbocycles. The molecular weight excluding hydrogens is 293 g/mol. The summed E-state index contributed by atoms with van der Waals surface area (Å²) in [4.78, 5) is 12.1. The Bertz CT molecular complexity index is 358. The number of para-hydroxylation sites is 1. The van der Waals surface area contributed by atoms with E-state index in [2.05, 4.69) is 5.92 Å². The molecule has 0 spiro atoms. The molecule has 0 bridgehead atoms. The van der Waals surface area contributed by atoms with Crippen LogP contribution in [0.4, 0.5) is 10.5 Å². The fourth-order valence-corrected chi connectivity index (χ4v) is 1.56. The Kier molecular flexibility index (Phi) is 3.77. The van der Waals surface area contributed by atoms with Crippen molar-refractivity contribution in [2.75, 3.05) is 4.90 Å². The van der Waals surface area contributed by atoms with Gasteiger partial charge in [-0.25, -0.2) is 4.79 Å². The van der Waals surface area contributed by atoms with Crippen LogP contribution in [0.15, 0.2) is 30.3 Å². The van der Waals surface area contributed by atoms with Crippen molar-refractivity contribution in [1.82, 2.24) is 0 Å². The molecule has 3 nitrogen and oxygen atoms in total. The molecule has 1 aromatic rings. The van der Waals surface area contributed by atoms with Gasteiger partial charge in [-0.15, -0.1) is 6.42 Å². The van der Waals surface area contributed by atoms with Crippen molar-refractivity contribution < 1.29 is 9.90 Å². The van der Waals surface area contributed by atoms with Gasteiger partial charge >= 0.3 is 6.09 Å². The Morgan fingerprint density at radius 2 is 2.07 bits per heavy atom. The molecule has 0 aliphatic carbocycles. The second-order valence-corrected chi connectivity index (χ2v) is 3.67. The predicted octanol–water partition coefficient (Wildman–Crippen LogP) is 2.57. The maximum absolute atomic E-state index is 10.9. The van der Waals surface area contributed by atoms with Crippen LogP contribution < -0.4 is 4.90 Å². The van der Waals surface area contributed by atoms with Gasteiger partial charge < -0.3 is 5.11 Å². The number of rotatable bonds is 2. The summed E-state index contributed by atoms with van der Waals surface area (Å²) in [5.74, 6) is 2.38. The zero-order chi connectivity index (χ0) is 10.6. The van der Waals surface area contributed by atoms with Crippen molar-refractivity contribution in [3.8, 4) is 12.3 Å². The van der Waals surface area contributed by atoms with Crippen molar-refractivity contribution in [1.29, 1.82) is 0 Å². The van der Waals surface area contributed by atoms with Crippen LogP contribution in [-0.4, -0.2) is 15.2 Å². The van der Waals surface area contributed by atoms with Crippen LogP contribution in [0.25, 0.3) is 0 Å². The smallest absolute Gasteiger partial charge is 0.413 e. The molecule has 1 rings (SSSR count). The molecule has 4 heteroatoms.